The number of hydrogen-bond donors (Lipinski definition) is 1. The summed E-state index contributed by atoms with van der Waals surface area (Å²) in [6, 6.07) is 11.3. The first-order valence-corrected chi connectivity index (χ1v) is 17.3. The number of nitrogens with zero attached hydrogens (tertiary/aromatic N) is 4. The van der Waals surface area contributed by atoms with Crippen LogP contribution in [0.2, 0.25) is 0 Å². The zero-order valence-corrected chi connectivity index (χ0v) is 26.9. The molecule has 0 saturated heterocycles. The fourth-order valence-corrected chi connectivity index (χ4v) is 9.02. The van der Waals surface area contributed by atoms with Gasteiger partial charge in [-0.3, -0.25) is 4.79 Å². The van der Waals surface area contributed by atoms with E-state index in [1.165, 1.54) is 30.6 Å². The molecule has 2 aromatic carbocycles. The van der Waals surface area contributed by atoms with Gasteiger partial charge >= 0.3 is 0 Å². The molecular formula is C32H41N5O3S2. The molecule has 3 aromatic rings. The number of hydrogen-bond acceptors (Lipinski definition) is 8. The summed E-state index contributed by atoms with van der Waals surface area (Å²) >= 11 is 1.39. The Morgan fingerprint density at radius 2 is 1.71 bits per heavy atom. The van der Waals surface area contributed by atoms with Crippen LogP contribution in [0.1, 0.15) is 82.2 Å². The number of amidine groups is 1. The summed E-state index contributed by atoms with van der Waals surface area (Å²) in [5.74, 6) is 0.991. The number of amides is 1. The van der Waals surface area contributed by atoms with Gasteiger partial charge in [-0.2, -0.15) is 5.11 Å². The van der Waals surface area contributed by atoms with Gasteiger partial charge in [0.15, 0.2) is 27.3 Å². The topological polar surface area (TPSA) is 113 Å². The molecular weight excluding hydrogens is 567 g/mol. The number of benzene rings is 2. The third-order valence-electron chi connectivity index (χ3n) is 7.93. The average Bonchev–Trinajstić information content (AvgIpc) is 3.62. The Labute approximate surface area is 253 Å². The molecule has 0 radical (unpaired) electrons. The molecule has 1 saturated carbocycles. The molecule has 8 nitrogen and oxygen atoms in total. The van der Waals surface area contributed by atoms with Crippen LogP contribution in [0.5, 0.6) is 0 Å². The molecule has 1 N–H and O–H groups in total. The summed E-state index contributed by atoms with van der Waals surface area (Å²) in [5.41, 5.74) is 1.02. The van der Waals surface area contributed by atoms with Crippen LogP contribution in [0, 0.1) is 16.7 Å². The SMILES string of the molecule is CC(C)(C)CS(=O)(=O)c1ccc(-c2sc(C(=O)NCC(C)(C)C3=NCN=N3)nc2CC2CCCCC2)c2ccccc12. The van der Waals surface area contributed by atoms with Crippen LogP contribution in [0.3, 0.4) is 0 Å². The summed E-state index contributed by atoms with van der Waals surface area (Å²) in [7, 11) is -3.51. The minimum Gasteiger partial charge on any atom is -0.349 e. The summed E-state index contributed by atoms with van der Waals surface area (Å²) in [5, 5.41) is 13.1. The Hall–Kier alpha value is -2.98. The lowest BCUT2D eigenvalue weighted by Gasteiger charge is -2.22. The second kappa shape index (κ2) is 12.0. The molecule has 10 heteroatoms. The first kappa shape index (κ1) is 30.5. The van der Waals surface area contributed by atoms with Crippen LogP contribution >= 0.6 is 11.3 Å². The molecule has 0 unspecified atom stereocenters. The standard InChI is InChI=1S/C32H41N5O3S2/c1-31(2,3)19-42(39,40)26-16-15-24(22-13-9-10-14-23(22)26)27-25(17-21-11-7-6-8-12-21)36-29(41-27)28(38)33-18-32(4,5)30-34-20-35-37-30/h9-10,13-16,21H,6-8,11-12,17-20H2,1-5H3,(H,33,38). The van der Waals surface area contributed by atoms with E-state index in [0.717, 1.165) is 40.8 Å². The largest absolute Gasteiger partial charge is 0.349 e. The Bertz CT molecular complexity index is 1640. The zero-order chi connectivity index (χ0) is 30.1. The Balaban J connectivity index is 1.53. The molecule has 1 aliphatic carbocycles. The van der Waals surface area contributed by atoms with Crippen molar-refractivity contribution in [3.05, 3.63) is 47.1 Å². The summed E-state index contributed by atoms with van der Waals surface area (Å²) in [6.07, 6.45) is 6.83. The number of aromatic nitrogens is 1. The Kier molecular flexibility index (Phi) is 8.67. The van der Waals surface area contributed by atoms with Gasteiger partial charge < -0.3 is 5.32 Å². The highest BCUT2D eigenvalue weighted by Gasteiger charge is 2.30. The van der Waals surface area contributed by atoms with E-state index < -0.39 is 15.3 Å². The predicted octanol–water partition coefficient (Wildman–Crippen LogP) is 7.48. The molecule has 2 aliphatic rings. The molecule has 0 atom stereocenters. The lowest BCUT2D eigenvalue weighted by Crippen LogP contribution is -2.38. The van der Waals surface area contributed by atoms with Gasteiger partial charge in [0.25, 0.3) is 5.91 Å². The summed E-state index contributed by atoms with van der Waals surface area (Å²) < 4.78 is 27.0. The van der Waals surface area contributed by atoms with Crippen LogP contribution in [-0.2, 0) is 16.3 Å². The van der Waals surface area contributed by atoms with Crippen LogP contribution in [0.15, 0.2) is 56.5 Å². The van der Waals surface area contributed by atoms with Crippen molar-refractivity contribution in [1.29, 1.82) is 0 Å². The van der Waals surface area contributed by atoms with Crippen molar-refractivity contribution in [3.8, 4) is 10.4 Å². The molecule has 1 amide bonds. The van der Waals surface area contributed by atoms with Crippen molar-refractivity contribution in [1.82, 2.24) is 10.3 Å². The maximum atomic E-state index is 13.5. The van der Waals surface area contributed by atoms with E-state index in [2.05, 4.69) is 20.5 Å². The van der Waals surface area contributed by atoms with E-state index in [0.29, 0.717) is 40.3 Å². The van der Waals surface area contributed by atoms with Gasteiger partial charge in [0.1, 0.15) is 0 Å². The lowest BCUT2D eigenvalue weighted by molar-refractivity contribution is 0.0944. The third-order valence-corrected chi connectivity index (χ3v) is 11.3. The molecule has 42 heavy (non-hydrogen) atoms. The van der Waals surface area contributed by atoms with E-state index in [9.17, 15) is 13.2 Å². The molecule has 0 bridgehead atoms. The number of carbonyl (C=O) groups excluding carboxylic acids is 1. The van der Waals surface area contributed by atoms with Gasteiger partial charge in [-0.15, -0.1) is 16.5 Å². The highest BCUT2D eigenvalue weighted by Crippen LogP contribution is 2.40. The molecule has 5 rings (SSSR count). The Morgan fingerprint density at radius 3 is 2.38 bits per heavy atom. The van der Waals surface area contributed by atoms with Gasteiger partial charge in [-0.25, -0.2) is 18.4 Å². The number of carbonyl (C=O) groups is 1. The number of fused-ring (bicyclic) bond motifs is 1. The Morgan fingerprint density at radius 1 is 1.00 bits per heavy atom. The second-order valence-corrected chi connectivity index (χ2v) is 16.4. The molecule has 1 fully saturated rings. The van der Waals surface area contributed by atoms with E-state index in [1.807, 2.05) is 65.0 Å². The average molecular weight is 608 g/mol. The quantitative estimate of drug-likeness (QED) is 0.272. The molecule has 2 heterocycles. The van der Waals surface area contributed by atoms with Crippen molar-refractivity contribution in [2.24, 2.45) is 32.0 Å². The number of thiazole rings is 1. The lowest BCUT2D eigenvalue weighted by atomic mass is 9.85. The van der Waals surface area contributed by atoms with Gasteiger partial charge in [-0.1, -0.05) is 97.1 Å². The van der Waals surface area contributed by atoms with Gasteiger partial charge in [-0.05, 0) is 29.2 Å². The van der Waals surface area contributed by atoms with Crippen molar-refractivity contribution < 1.29 is 13.2 Å². The molecule has 0 spiro atoms. The van der Waals surface area contributed by atoms with Crippen molar-refractivity contribution in [3.63, 3.8) is 0 Å². The third kappa shape index (κ3) is 6.80. The van der Waals surface area contributed by atoms with Gasteiger partial charge in [0.2, 0.25) is 0 Å². The van der Waals surface area contributed by atoms with Crippen molar-refractivity contribution in [2.45, 2.75) is 78.0 Å². The van der Waals surface area contributed by atoms with E-state index in [4.69, 9.17) is 4.98 Å². The molecule has 1 aromatic heterocycles. The van der Waals surface area contributed by atoms with Crippen molar-refractivity contribution in [2.75, 3.05) is 19.0 Å². The molecule has 1 aliphatic heterocycles. The first-order valence-electron chi connectivity index (χ1n) is 14.8. The number of rotatable bonds is 9. The zero-order valence-electron chi connectivity index (χ0n) is 25.2. The smallest absolute Gasteiger partial charge is 0.280 e. The summed E-state index contributed by atoms with van der Waals surface area (Å²) in [4.78, 5) is 24.0. The number of nitrogens with one attached hydrogen (secondary N) is 1. The van der Waals surface area contributed by atoms with Gasteiger partial charge in [0, 0.05) is 22.9 Å². The highest BCUT2D eigenvalue weighted by atomic mass is 32.2. The van der Waals surface area contributed by atoms with Crippen LogP contribution in [0.25, 0.3) is 21.2 Å². The molecule has 224 valence electrons. The van der Waals surface area contributed by atoms with E-state index in [1.54, 1.807) is 6.07 Å². The fourth-order valence-electron chi connectivity index (χ4n) is 5.88. The first-order chi connectivity index (χ1) is 19.8. The van der Waals surface area contributed by atoms with Gasteiger partial charge in [0.05, 0.1) is 21.2 Å². The minimum absolute atomic E-state index is 0.0608. The normalized spacial score (nSPS) is 16.6. The van der Waals surface area contributed by atoms with Crippen LogP contribution in [0.4, 0.5) is 0 Å². The fraction of sp³-hybridized carbons (Fsp3) is 0.531. The minimum atomic E-state index is -3.51. The van der Waals surface area contributed by atoms with E-state index in [-0.39, 0.29) is 17.1 Å². The predicted molar refractivity (Wildman–Crippen MR) is 170 cm³/mol. The maximum absolute atomic E-state index is 13.5. The number of aliphatic imine (C=N–C) groups is 1. The second-order valence-electron chi connectivity index (χ2n) is 13.4. The monoisotopic (exact) mass is 607 g/mol. The van der Waals surface area contributed by atoms with Crippen LogP contribution < -0.4 is 5.32 Å². The van der Waals surface area contributed by atoms with Crippen LogP contribution in [-0.4, -0.2) is 44.1 Å². The summed E-state index contributed by atoms with van der Waals surface area (Å²) in [6.45, 7) is 10.5. The van der Waals surface area contributed by atoms with E-state index >= 15 is 0 Å². The maximum Gasteiger partial charge on any atom is 0.280 e. The van der Waals surface area contributed by atoms with Crippen molar-refractivity contribution >= 4 is 43.7 Å². The highest BCUT2D eigenvalue weighted by molar-refractivity contribution is 7.91. The number of sulfone groups is 1. The number of azo groups is 1.